The van der Waals surface area contributed by atoms with Crippen LogP contribution in [0, 0.1) is 11.3 Å². The molecule has 17 heavy (non-hydrogen) atoms. The topological polar surface area (TPSA) is 93.2 Å². The zero-order valence-corrected chi connectivity index (χ0v) is 9.85. The molecule has 0 aliphatic carbocycles. The molecule has 6 heteroatoms. The van der Waals surface area contributed by atoms with Gasteiger partial charge in [-0.2, -0.15) is 5.26 Å². The number of hydrogen-bond donors (Lipinski definition) is 1. The molecule has 1 heterocycles. The van der Waals surface area contributed by atoms with Crippen molar-refractivity contribution in [2.75, 3.05) is 11.5 Å². The molecule has 0 aromatic heterocycles. The highest BCUT2D eigenvalue weighted by molar-refractivity contribution is 7.91. The number of nitrogens with two attached hydrogens (primary N) is 1. The zero-order valence-electron chi connectivity index (χ0n) is 9.04. The number of rotatable bonds is 2. The molecular weight excluding hydrogens is 240 g/mol. The van der Waals surface area contributed by atoms with Crippen LogP contribution in [0.2, 0.25) is 0 Å². The highest BCUT2D eigenvalue weighted by Gasteiger charge is 2.36. The molecule has 1 aromatic carbocycles. The van der Waals surface area contributed by atoms with Crippen molar-refractivity contribution in [1.82, 2.24) is 0 Å². The van der Waals surface area contributed by atoms with Crippen LogP contribution in [0.3, 0.4) is 0 Å². The number of nitrogens with zero attached hydrogens (tertiary/aromatic N) is 1. The van der Waals surface area contributed by atoms with Crippen LogP contribution in [0.1, 0.15) is 5.56 Å². The summed E-state index contributed by atoms with van der Waals surface area (Å²) in [5.74, 6) is 0.448. The third kappa shape index (κ3) is 2.75. The van der Waals surface area contributed by atoms with Crippen molar-refractivity contribution < 1.29 is 13.2 Å². The van der Waals surface area contributed by atoms with Gasteiger partial charge in [-0.25, -0.2) is 8.42 Å². The molecule has 90 valence electrons. The highest BCUT2D eigenvalue weighted by Crippen LogP contribution is 2.19. The first kappa shape index (κ1) is 11.9. The lowest BCUT2D eigenvalue weighted by Crippen LogP contribution is -2.37. The number of benzene rings is 1. The fourth-order valence-electron chi connectivity index (χ4n) is 1.75. The summed E-state index contributed by atoms with van der Waals surface area (Å²) in [4.78, 5) is 0. The second-order valence-electron chi connectivity index (χ2n) is 4.03. The molecule has 0 radical (unpaired) electrons. The Kier molecular flexibility index (Phi) is 3.05. The lowest BCUT2D eigenvalue weighted by molar-refractivity contribution is 0.209. The Morgan fingerprint density at radius 2 is 1.94 bits per heavy atom. The van der Waals surface area contributed by atoms with Crippen molar-refractivity contribution in [3.05, 3.63) is 29.8 Å². The van der Waals surface area contributed by atoms with Crippen LogP contribution in [-0.2, 0) is 9.84 Å². The van der Waals surface area contributed by atoms with Crippen LogP contribution in [0.5, 0.6) is 5.75 Å². The van der Waals surface area contributed by atoms with Crippen LogP contribution >= 0.6 is 0 Å². The zero-order chi connectivity index (χ0) is 12.5. The lowest BCUT2D eigenvalue weighted by Gasteiger charge is -2.16. The van der Waals surface area contributed by atoms with Crippen molar-refractivity contribution in [2.24, 2.45) is 5.73 Å². The minimum absolute atomic E-state index is 0.0338. The van der Waals surface area contributed by atoms with Gasteiger partial charge in [-0.15, -0.1) is 0 Å². The largest absolute Gasteiger partial charge is 0.488 e. The fraction of sp³-hybridized carbons (Fsp3) is 0.364. The normalized spacial score (nSPS) is 26.4. The molecular formula is C11H12N2O3S. The maximum Gasteiger partial charge on any atom is 0.155 e. The summed E-state index contributed by atoms with van der Waals surface area (Å²) in [6, 6.07) is 8.00. The van der Waals surface area contributed by atoms with Gasteiger partial charge in [0.05, 0.1) is 29.2 Å². The SMILES string of the molecule is N#Cc1ccc(OC2CS(=O)(=O)CC2N)cc1. The van der Waals surface area contributed by atoms with Gasteiger partial charge < -0.3 is 10.5 Å². The molecule has 2 atom stereocenters. The summed E-state index contributed by atoms with van der Waals surface area (Å²) in [7, 11) is -3.08. The van der Waals surface area contributed by atoms with E-state index in [2.05, 4.69) is 0 Å². The van der Waals surface area contributed by atoms with Gasteiger partial charge in [0.15, 0.2) is 9.84 Å². The second-order valence-corrected chi connectivity index (χ2v) is 6.19. The van der Waals surface area contributed by atoms with E-state index in [1.807, 2.05) is 6.07 Å². The standard InChI is InChI=1S/C11H12N2O3S/c12-5-8-1-3-9(4-2-8)16-11-7-17(14,15)6-10(11)13/h1-4,10-11H,6-7,13H2. The van der Waals surface area contributed by atoms with E-state index >= 15 is 0 Å². The summed E-state index contributed by atoms with van der Waals surface area (Å²) in [5, 5.41) is 8.63. The van der Waals surface area contributed by atoms with E-state index in [9.17, 15) is 8.42 Å². The predicted octanol–water partition coefficient (Wildman–Crippen LogP) is 0.0614. The number of hydrogen-bond acceptors (Lipinski definition) is 5. The van der Waals surface area contributed by atoms with Crippen molar-refractivity contribution in [3.8, 4) is 11.8 Å². The highest BCUT2D eigenvalue weighted by atomic mass is 32.2. The Bertz CT molecular complexity index is 545. The number of nitriles is 1. The minimum Gasteiger partial charge on any atom is -0.488 e. The number of sulfone groups is 1. The third-order valence-electron chi connectivity index (χ3n) is 2.61. The van der Waals surface area contributed by atoms with E-state index < -0.39 is 22.0 Å². The molecule has 5 nitrogen and oxygen atoms in total. The Hall–Kier alpha value is -1.58. The molecule has 0 amide bonds. The lowest BCUT2D eigenvalue weighted by atomic mass is 10.2. The molecule has 2 rings (SSSR count). The van der Waals surface area contributed by atoms with Crippen LogP contribution in [0.25, 0.3) is 0 Å². The van der Waals surface area contributed by atoms with Crippen LogP contribution in [0.15, 0.2) is 24.3 Å². The predicted molar refractivity (Wildman–Crippen MR) is 62.2 cm³/mol. The minimum atomic E-state index is -3.08. The maximum absolute atomic E-state index is 11.3. The van der Waals surface area contributed by atoms with Gasteiger partial charge in [-0.3, -0.25) is 0 Å². The molecule has 2 N–H and O–H groups in total. The summed E-state index contributed by atoms with van der Waals surface area (Å²) in [5.41, 5.74) is 6.23. The number of ether oxygens (including phenoxy) is 1. The first-order valence-electron chi connectivity index (χ1n) is 5.13. The van der Waals surface area contributed by atoms with E-state index in [0.717, 1.165) is 0 Å². The van der Waals surface area contributed by atoms with Gasteiger partial charge >= 0.3 is 0 Å². The molecule has 1 saturated heterocycles. The molecule has 1 aromatic rings. The van der Waals surface area contributed by atoms with Gasteiger partial charge in [0.2, 0.25) is 0 Å². The van der Waals surface area contributed by atoms with E-state index in [1.165, 1.54) is 0 Å². The monoisotopic (exact) mass is 252 g/mol. The van der Waals surface area contributed by atoms with Crippen molar-refractivity contribution >= 4 is 9.84 Å². The van der Waals surface area contributed by atoms with Crippen molar-refractivity contribution in [3.63, 3.8) is 0 Å². The van der Waals surface area contributed by atoms with Crippen LogP contribution in [-0.4, -0.2) is 32.1 Å². The smallest absolute Gasteiger partial charge is 0.155 e. The Morgan fingerprint density at radius 3 is 2.41 bits per heavy atom. The molecule has 1 fully saturated rings. The molecule has 0 spiro atoms. The molecule has 1 aliphatic heterocycles. The van der Waals surface area contributed by atoms with Gasteiger partial charge in [0, 0.05) is 0 Å². The fourth-order valence-corrected chi connectivity index (χ4v) is 3.50. The molecule has 2 unspecified atom stereocenters. The van der Waals surface area contributed by atoms with Crippen molar-refractivity contribution in [2.45, 2.75) is 12.1 Å². The first-order chi connectivity index (χ1) is 8.00. The summed E-state index contributed by atoms with van der Waals surface area (Å²) in [6.07, 6.45) is -0.507. The van der Waals surface area contributed by atoms with E-state index in [1.54, 1.807) is 24.3 Å². The van der Waals surface area contributed by atoms with Gasteiger partial charge in [-0.05, 0) is 24.3 Å². The molecule has 0 bridgehead atoms. The summed E-state index contributed by atoms with van der Waals surface area (Å²) >= 11 is 0. The summed E-state index contributed by atoms with van der Waals surface area (Å²) in [6.45, 7) is 0. The quantitative estimate of drug-likeness (QED) is 0.803. The van der Waals surface area contributed by atoms with Gasteiger partial charge in [-0.1, -0.05) is 0 Å². The van der Waals surface area contributed by atoms with Gasteiger partial charge in [0.25, 0.3) is 0 Å². The van der Waals surface area contributed by atoms with Crippen LogP contribution in [0.4, 0.5) is 0 Å². The van der Waals surface area contributed by atoms with E-state index in [0.29, 0.717) is 11.3 Å². The average Bonchev–Trinajstić information content (AvgIpc) is 2.53. The Labute approximate surface area is 99.7 Å². The molecule has 1 aliphatic rings. The van der Waals surface area contributed by atoms with Crippen LogP contribution < -0.4 is 10.5 Å². The third-order valence-corrected chi connectivity index (χ3v) is 4.34. The average molecular weight is 252 g/mol. The Balaban J connectivity index is 2.09. The van der Waals surface area contributed by atoms with E-state index in [-0.39, 0.29) is 11.5 Å². The Morgan fingerprint density at radius 1 is 1.29 bits per heavy atom. The second kappa shape index (κ2) is 4.35. The molecule has 0 saturated carbocycles. The maximum atomic E-state index is 11.3. The van der Waals surface area contributed by atoms with Crippen molar-refractivity contribution in [1.29, 1.82) is 5.26 Å². The van der Waals surface area contributed by atoms with E-state index in [4.69, 9.17) is 15.7 Å². The summed E-state index contributed by atoms with van der Waals surface area (Å²) < 4.78 is 28.2. The first-order valence-corrected chi connectivity index (χ1v) is 6.95. The van der Waals surface area contributed by atoms with Gasteiger partial charge in [0.1, 0.15) is 11.9 Å².